The minimum atomic E-state index is 0.652. The number of anilines is 2. The Morgan fingerprint density at radius 2 is 2.06 bits per heavy atom. The molecule has 3 nitrogen and oxygen atoms in total. The van der Waals surface area contributed by atoms with E-state index in [2.05, 4.69) is 21.7 Å². The molecular formula is C13H19N3. The number of fused-ring (bicyclic) bond motifs is 2. The predicted molar refractivity (Wildman–Crippen MR) is 66.7 cm³/mol. The number of rotatable bonds is 0. The van der Waals surface area contributed by atoms with Gasteiger partial charge >= 0.3 is 0 Å². The van der Waals surface area contributed by atoms with E-state index in [1.54, 1.807) is 0 Å². The van der Waals surface area contributed by atoms with E-state index in [1.165, 1.54) is 37.8 Å². The van der Waals surface area contributed by atoms with Crippen molar-refractivity contribution >= 4 is 11.4 Å². The Kier molecular flexibility index (Phi) is 2.68. The van der Waals surface area contributed by atoms with E-state index >= 15 is 0 Å². The van der Waals surface area contributed by atoms with Crippen molar-refractivity contribution in [3.05, 3.63) is 18.5 Å². The van der Waals surface area contributed by atoms with Crippen molar-refractivity contribution < 1.29 is 0 Å². The number of hydrogen-bond donors (Lipinski definition) is 2. The molecule has 16 heavy (non-hydrogen) atoms. The molecule has 3 rings (SSSR count). The van der Waals surface area contributed by atoms with Gasteiger partial charge < -0.3 is 10.6 Å². The first-order valence-electron chi connectivity index (χ1n) is 6.38. The highest BCUT2D eigenvalue weighted by Crippen LogP contribution is 2.32. The number of aromatic nitrogens is 1. The fourth-order valence-electron chi connectivity index (χ4n) is 2.92. The maximum absolute atomic E-state index is 4.17. The van der Waals surface area contributed by atoms with E-state index in [0.29, 0.717) is 6.04 Å². The molecular weight excluding hydrogens is 198 g/mol. The summed E-state index contributed by atoms with van der Waals surface area (Å²) in [6, 6.07) is 2.73. The third-order valence-electron chi connectivity index (χ3n) is 3.88. The first-order valence-corrected chi connectivity index (χ1v) is 6.38. The smallest absolute Gasteiger partial charge is 0.0762 e. The van der Waals surface area contributed by atoms with Gasteiger partial charge in [-0.05, 0) is 24.8 Å². The van der Waals surface area contributed by atoms with Crippen molar-refractivity contribution in [3.63, 3.8) is 0 Å². The SMILES string of the molecule is c1cc2c(cn1)NCC1CCCCCC1N2. The van der Waals surface area contributed by atoms with Crippen LogP contribution in [0.25, 0.3) is 0 Å². The first-order chi connectivity index (χ1) is 7.93. The standard InChI is InChI=1S/C13H19N3/c1-2-4-10-8-15-13-9-14-7-6-12(13)16-11(10)5-3-1/h6-7,9-11,15-16H,1-5,8H2. The van der Waals surface area contributed by atoms with Gasteiger partial charge in [0.15, 0.2) is 0 Å². The summed E-state index contributed by atoms with van der Waals surface area (Å²) in [5, 5.41) is 7.23. The van der Waals surface area contributed by atoms with Gasteiger partial charge in [-0.25, -0.2) is 0 Å². The van der Waals surface area contributed by atoms with E-state index in [1.807, 2.05) is 12.4 Å². The fraction of sp³-hybridized carbons (Fsp3) is 0.615. The molecule has 2 N–H and O–H groups in total. The van der Waals surface area contributed by atoms with Gasteiger partial charge in [0, 0.05) is 18.8 Å². The third kappa shape index (κ3) is 1.86. The highest BCUT2D eigenvalue weighted by Gasteiger charge is 2.26. The van der Waals surface area contributed by atoms with E-state index in [-0.39, 0.29) is 0 Å². The number of hydrogen-bond acceptors (Lipinski definition) is 3. The molecule has 86 valence electrons. The molecule has 0 saturated heterocycles. The van der Waals surface area contributed by atoms with E-state index in [0.717, 1.165) is 18.2 Å². The molecule has 0 aromatic carbocycles. The second-order valence-corrected chi connectivity index (χ2v) is 4.95. The van der Waals surface area contributed by atoms with Crippen LogP contribution < -0.4 is 10.6 Å². The van der Waals surface area contributed by atoms with Gasteiger partial charge in [-0.15, -0.1) is 0 Å². The fourth-order valence-corrected chi connectivity index (χ4v) is 2.92. The quantitative estimate of drug-likeness (QED) is 0.701. The van der Waals surface area contributed by atoms with Gasteiger partial charge in [0.05, 0.1) is 17.6 Å². The van der Waals surface area contributed by atoms with Gasteiger partial charge in [-0.2, -0.15) is 0 Å². The summed E-state index contributed by atoms with van der Waals surface area (Å²) in [5.74, 6) is 0.773. The largest absolute Gasteiger partial charge is 0.382 e. The van der Waals surface area contributed by atoms with Crippen molar-refractivity contribution in [2.75, 3.05) is 17.2 Å². The summed E-state index contributed by atoms with van der Waals surface area (Å²) in [7, 11) is 0. The highest BCUT2D eigenvalue weighted by atomic mass is 15.0. The maximum Gasteiger partial charge on any atom is 0.0762 e. The van der Waals surface area contributed by atoms with Crippen molar-refractivity contribution in [2.45, 2.75) is 38.1 Å². The van der Waals surface area contributed by atoms with E-state index < -0.39 is 0 Å². The third-order valence-corrected chi connectivity index (χ3v) is 3.88. The second-order valence-electron chi connectivity index (χ2n) is 4.95. The minimum absolute atomic E-state index is 0.652. The molecule has 2 heterocycles. The Morgan fingerprint density at radius 3 is 3.06 bits per heavy atom. The zero-order chi connectivity index (χ0) is 10.8. The van der Waals surface area contributed by atoms with Crippen LogP contribution in [0.1, 0.15) is 32.1 Å². The highest BCUT2D eigenvalue weighted by molar-refractivity contribution is 5.68. The topological polar surface area (TPSA) is 37.0 Å². The molecule has 2 aliphatic rings. The van der Waals surface area contributed by atoms with Gasteiger partial charge in [0.1, 0.15) is 0 Å². The lowest BCUT2D eigenvalue weighted by molar-refractivity contribution is 0.444. The summed E-state index contributed by atoms with van der Waals surface area (Å²) < 4.78 is 0. The van der Waals surface area contributed by atoms with Crippen LogP contribution >= 0.6 is 0 Å². The second kappa shape index (κ2) is 4.32. The average molecular weight is 217 g/mol. The Balaban J connectivity index is 1.85. The lowest BCUT2D eigenvalue weighted by Gasteiger charge is -2.23. The molecule has 0 bridgehead atoms. The van der Waals surface area contributed by atoms with Gasteiger partial charge in [-0.3, -0.25) is 4.98 Å². The maximum atomic E-state index is 4.17. The van der Waals surface area contributed by atoms with Crippen LogP contribution in [0.4, 0.5) is 11.4 Å². The van der Waals surface area contributed by atoms with Crippen molar-refractivity contribution in [1.29, 1.82) is 0 Å². The van der Waals surface area contributed by atoms with Gasteiger partial charge in [0.25, 0.3) is 0 Å². The molecule has 1 aromatic rings. The number of nitrogens with one attached hydrogen (secondary N) is 2. The molecule has 1 fully saturated rings. The molecule has 1 aliphatic heterocycles. The van der Waals surface area contributed by atoms with Crippen LogP contribution in [-0.4, -0.2) is 17.6 Å². The Labute approximate surface area is 96.7 Å². The molecule has 2 atom stereocenters. The lowest BCUT2D eigenvalue weighted by Crippen LogP contribution is -2.30. The molecule has 1 aliphatic carbocycles. The molecule has 3 heteroatoms. The molecule has 1 saturated carbocycles. The van der Waals surface area contributed by atoms with Crippen molar-refractivity contribution in [1.82, 2.24) is 4.98 Å². The monoisotopic (exact) mass is 217 g/mol. The van der Waals surface area contributed by atoms with Crippen LogP contribution in [0, 0.1) is 5.92 Å². The lowest BCUT2D eigenvalue weighted by atomic mass is 9.95. The first kappa shape index (κ1) is 9.94. The summed E-state index contributed by atoms with van der Waals surface area (Å²) in [6.07, 6.45) is 10.6. The number of pyridine rings is 1. The molecule has 1 aromatic heterocycles. The molecule has 2 unspecified atom stereocenters. The summed E-state index contributed by atoms with van der Waals surface area (Å²) in [4.78, 5) is 4.17. The van der Waals surface area contributed by atoms with Crippen molar-refractivity contribution in [3.8, 4) is 0 Å². The molecule has 0 spiro atoms. The van der Waals surface area contributed by atoms with Crippen LogP contribution in [-0.2, 0) is 0 Å². The summed E-state index contributed by atoms with van der Waals surface area (Å²) in [5.41, 5.74) is 2.39. The predicted octanol–water partition coefficient (Wildman–Crippen LogP) is 2.87. The Morgan fingerprint density at radius 1 is 1.12 bits per heavy atom. The zero-order valence-electron chi connectivity index (χ0n) is 9.58. The summed E-state index contributed by atoms with van der Waals surface area (Å²) in [6.45, 7) is 1.09. The van der Waals surface area contributed by atoms with Crippen LogP contribution in [0.2, 0.25) is 0 Å². The zero-order valence-corrected chi connectivity index (χ0v) is 9.58. The van der Waals surface area contributed by atoms with E-state index in [9.17, 15) is 0 Å². The van der Waals surface area contributed by atoms with Crippen LogP contribution in [0.3, 0.4) is 0 Å². The average Bonchev–Trinajstić information content (AvgIpc) is 2.61. The van der Waals surface area contributed by atoms with Crippen LogP contribution in [0.5, 0.6) is 0 Å². The number of nitrogens with zero attached hydrogens (tertiary/aromatic N) is 1. The normalized spacial score (nSPS) is 28.8. The molecule has 0 amide bonds. The van der Waals surface area contributed by atoms with Gasteiger partial charge in [-0.1, -0.05) is 19.3 Å². The Hall–Kier alpha value is -1.25. The van der Waals surface area contributed by atoms with Gasteiger partial charge in [0.2, 0.25) is 0 Å². The van der Waals surface area contributed by atoms with Crippen molar-refractivity contribution in [2.24, 2.45) is 5.92 Å². The Bertz CT molecular complexity index is 364. The van der Waals surface area contributed by atoms with Crippen LogP contribution in [0.15, 0.2) is 18.5 Å². The molecule has 0 radical (unpaired) electrons. The minimum Gasteiger partial charge on any atom is -0.382 e. The summed E-state index contributed by atoms with van der Waals surface area (Å²) >= 11 is 0. The van der Waals surface area contributed by atoms with E-state index in [4.69, 9.17) is 0 Å².